The highest BCUT2D eigenvalue weighted by Crippen LogP contribution is 2.11. The van der Waals surface area contributed by atoms with E-state index in [1.807, 2.05) is 17.5 Å². The molecular formula is C16H16FNO3S. The third-order valence-electron chi connectivity index (χ3n) is 2.92. The van der Waals surface area contributed by atoms with E-state index in [4.69, 9.17) is 4.74 Å². The van der Waals surface area contributed by atoms with Gasteiger partial charge < -0.3 is 10.1 Å². The van der Waals surface area contributed by atoms with Crippen molar-refractivity contribution < 1.29 is 18.7 Å². The van der Waals surface area contributed by atoms with Gasteiger partial charge >= 0.3 is 5.97 Å². The second kappa shape index (κ2) is 8.29. The lowest BCUT2D eigenvalue weighted by molar-refractivity contribution is -0.148. The number of carbonyl (C=O) groups is 2. The Bertz CT molecular complexity index is 611. The van der Waals surface area contributed by atoms with E-state index in [2.05, 4.69) is 5.32 Å². The van der Waals surface area contributed by atoms with Gasteiger partial charge in [-0.15, -0.1) is 11.3 Å². The molecule has 1 amide bonds. The topological polar surface area (TPSA) is 55.4 Å². The van der Waals surface area contributed by atoms with Crippen molar-refractivity contribution in [3.63, 3.8) is 0 Å². The first-order chi connectivity index (χ1) is 10.6. The summed E-state index contributed by atoms with van der Waals surface area (Å²) in [5, 5.41) is 4.55. The minimum Gasteiger partial charge on any atom is -0.456 e. The number of halogens is 1. The minimum atomic E-state index is -0.398. The summed E-state index contributed by atoms with van der Waals surface area (Å²) in [6, 6.07) is 9.70. The number of esters is 1. The van der Waals surface area contributed by atoms with Crippen LogP contribution in [-0.4, -0.2) is 18.5 Å². The Morgan fingerprint density at radius 3 is 2.64 bits per heavy atom. The Kier molecular flexibility index (Phi) is 6.09. The van der Waals surface area contributed by atoms with E-state index in [9.17, 15) is 14.0 Å². The lowest BCUT2D eigenvalue weighted by Gasteiger charge is -2.06. The highest BCUT2D eigenvalue weighted by Gasteiger charge is 2.08. The normalized spacial score (nSPS) is 10.2. The zero-order chi connectivity index (χ0) is 15.8. The van der Waals surface area contributed by atoms with Crippen molar-refractivity contribution in [2.24, 2.45) is 0 Å². The van der Waals surface area contributed by atoms with E-state index in [1.165, 1.54) is 12.1 Å². The van der Waals surface area contributed by atoms with Crippen LogP contribution in [0, 0.1) is 5.82 Å². The smallest absolute Gasteiger partial charge is 0.306 e. The van der Waals surface area contributed by atoms with Crippen LogP contribution in [0.25, 0.3) is 0 Å². The fourth-order valence-electron chi connectivity index (χ4n) is 1.75. The number of ether oxygens (including phenoxy) is 1. The van der Waals surface area contributed by atoms with Gasteiger partial charge in [0.05, 0.1) is 6.42 Å². The van der Waals surface area contributed by atoms with Crippen molar-refractivity contribution >= 4 is 23.2 Å². The van der Waals surface area contributed by atoms with Crippen molar-refractivity contribution in [2.45, 2.75) is 19.4 Å². The summed E-state index contributed by atoms with van der Waals surface area (Å²) < 4.78 is 17.6. The largest absolute Gasteiger partial charge is 0.456 e. The van der Waals surface area contributed by atoms with E-state index in [-0.39, 0.29) is 31.3 Å². The maximum Gasteiger partial charge on any atom is 0.306 e. The van der Waals surface area contributed by atoms with Crippen LogP contribution >= 0.6 is 11.3 Å². The van der Waals surface area contributed by atoms with E-state index < -0.39 is 5.97 Å². The minimum absolute atomic E-state index is 0.256. The summed E-state index contributed by atoms with van der Waals surface area (Å²) in [7, 11) is 0. The summed E-state index contributed by atoms with van der Waals surface area (Å²) in [6.45, 7) is -0.0314. The second-order valence-corrected chi connectivity index (χ2v) is 5.68. The average molecular weight is 321 g/mol. The van der Waals surface area contributed by atoms with Crippen LogP contribution in [0.5, 0.6) is 0 Å². The molecule has 0 unspecified atom stereocenters. The fraction of sp³-hybridized carbons (Fsp3) is 0.250. The van der Waals surface area contributed by atoms with Gasteiger partial charge in [-0.1, -0.05) is 18.2 Å². The van der Waals surface area contributed by atoms with Gasteiger partial charge in [0, 0.05) is 11.4 Å². The monoisotopic (exact) mass is 321 g/mol. The van der Waals surface area contributed by atoms with Crippen LogP contribution in [0.3, 0.4) is 0 Å². The van der Waals surface area contributed by atoms with Crippen LogP contribution < -0.4 is 5.32 Å². The van der Waals surface area contributed by atoms with Crippen LogP contribution in [0.2, 0.25) is 0 Å². The zero-order valence-electron chi connectivity index (χ0n) is 11.9. The number of amides is 1. The number of nitrogens with one attached hydrogen (secondary N) is 1. The molecule has 1 aromatic heterocycles. The van der Waals surface area contributed by atoms with Gasteiger partial charge in [0.15, 0.2) is 6.61 Å². The van der Waals surface area contributed by atoms with Gasteiger partial charge in [-0.3, -0.25) is 9.59 Å². The Morgan fingerprint density at radius 1 is 1.18 bits per heavy atom. The number of benzene rings is 1. The van der Waals surface area contributed by atoms with E-state index in [0.29, 0.717) is 6.42 Å². The third kappa shape index (κ3) is 5.65. The Hall–Kier alpha value is -2.21. The molecular weight excluding hydrogens is 305 g/mol. The number of hydrogen-bond acceptors (Lipinski definition) is 4. The maximum absolute atomic E-state index is 12.7. The number of carbonyl (C=O) groups excluding carboxylic acids is 2. The van der Waals surface area contributed by atoms with Crippen molar-refractivity contribution in [1.29, 1.82) is 0 Å². The third-order valence-corrected chi connectivity index (χ3v) is 3.86. The van der Waals surface area contributed by atoms with Crippen LogP contribution in [0.15, 0.2) is 41.8 Å². The number of aryl methyl sites for hydroxylation is 1. The number of rotatable bonds is 7. The SMILES string of the molecule is O=C(COC(=O)CCc1cccs1)NCc1ccc(F)cc1. The van der Waals surface area contributed by atoms with Gasteiger partial charge in [-0.25, -0.2) is 4.39 Å². The lowest BCUT2D eigenvalue weighted by Crippen LogP contribution is -2.28. The molecule has 0 fully saturated rings. The van der Waals surface area contributed by atoms with Crippen molar-refractivity contribution in [1.82, 2.24) is 5.32 Å². The number of hydrogen-bond donors (Lipinski definition) is 1. The Balaban J connectivity index is 1.62. The summed E-state index contributed by atoms with van der Waals surface area (Å²) in [4.78, 5) is 24.2. The zero-order valence-corrected chi connectivity index (χ0v) is 12.7. The molecule has 6 heteroatoms. The summed E-state index contributed by atoms with van der Waals surface area (Å²) in [6.07, 6.45) is 0.874. The fourth-order valence-corrected chi connectivity index (χ4v) is 2.46. The van der Waals surface area contributed by atoms with Crippen molar-refractivity contribution in [3.8, 4) is 0 Å². The first-order valence-electron chi connectivity index (χ1n) is 6.82. The molecule has 0 saturated carbocycles. The van der Waals surface area contributed by atoms with E-state index in [0.717, 1.165) is 10.4 Å². The summed E-state index contributed by atoms with van der Waals surface area (Å²) >= 11 is 1.58. The molecule has 1 aromatic carbocycles. The van der Waals surface area contributed by atoms with Crippen LogP contribution in [0.4, 0.5) is 4.39 Å². The first kappa shape index (κ1) is 16.2. The van der Waals surface area contributed by atoms with Gasteiger partial charge in [-0.2, -0.15) is 0 Å². The molecule has 1 N–H and O–H groups in total. The van der Waals surface area contributed by atoms with Gasteiger partial charge in [0.1, 0.15) is 5.82 Å². The molecule has 0 atom stereocenters. The predicted molar refractivity (Wildman–Crippen MR) is 81.8 cm³/mol. The molecule has 116 valence electrons. The molecule has 2 rings (SSSR count). The quantitative estimate of drug-likeness (QED) is 0.798. The molecule has 0 bridgehead atoms. The van der Waals surface area contributed by atoms with Crippen molar-refractivity contribution in [3.05, 3.63) is 58.0 Å². The summed E-state index contributed by atoms with van der Waals surface area (Å²) in [5.41, 5.74) is 0.777. The Morgan fingerprint density at radius 2 is 1.95 bits per heavy atom. The summed E-state index contributed by atoms with van der Waals surface area (Å²) in [5.74, 6) is -1.10. The second-order valence-electron chi connectivity index (χ2n) is 4.64. The van der Waals surface area contributed by atoms with E-state index in [1.54, 1.807) is 23.5 Å². The molecule has 0 aliphatic carbocycles. The highest BCUT2D eigenvalue weighted by atomic mass is 32.1. The molecule has 4 nitrogen and oxygen atoms in total. The molecule has 1 heterocycles. The molecule has 0 saturated heterocycles. The molecule has 22 heavy (non-hydrogen) atoms. The lowest BCUT2D eigenvalue weighted by atomic mass is 10.2. The molecule has 0 radical (unpaired) electrons. The van der Waals surface area contributed by atoms with E-state index >= 15 is 0 Å². The average Bonchev–Trinajstić information content (AvgIpc) is 3.04. The van der Waals surface area contributed by atoms with Crippen LogP contribution in [0.1, 0.15) is 16.9 Å². The van der Waals surface area contributed by atoms with Crippen molar-refractivity contribution in [2.75, 3.05) is 6.61 Å². The Labute approximate surface area is 131 Å². The van der Waals surface area contributed by atoms with Crippen LogP contribution in [-0.2, 0) is 27.3 Å². The standard InChI is InChI=1S/C16H16FNO3S/c17-13-5-3-12(4-6-13)10-18-15(19)11-21-16(20)8-7-14-2-1-9-22-14/h1-6,9H,7-8,10-11H2,(H,18,19). The molecule has 0 aliphatic rings. The maximum atomic E-state index is 12.7. The first-order valence-corrected chi connectivity index (χ1v) is 7.70. The molecule has 2 aromatic rings. The van der Waals surface area contributed by atoms with Gasteiger partial charge in [-0.05, 0) is 35.6 Å². The predicted octanol–water partition coefficient (Wildman–Crippen LogP) is 2.68. The van der Waals surface area contributed by atoms with Gasteiger partial charge in [0.2, 0.25) is 0 Å². The molecule has 0 spiro atoms. The highest BCUT2D eigenvalue weighted by molar-refractivity contribution is 7.09. The number of thiophene rings is 1. The molecule has 0 aliphatic heterocycles. The van der Waals surface area contributed by atoms with Gasteiger partial charge in [0.25, 0.3) is 5.91 Å².